The van der Waals surface area contributed by atoms with Gasteiger partial charge in [-0.05, 0) is 45.1 Å². The minimum Gasteiger partial charge on any atom is -0.484 e. The number of nitro benzene ring substituents is 1. The first-order valence-electron chi connectivity index (χ1n) is 7.64. The van der Waals surface area contributed by atoms with Gasteiger partial charge in [-0.2, -0.15) is 0 Å². The van der Waals surface area contributed by atoms with Gasteiger partial charge in [0.05, 0.1) is 10.6 Å². The third kappa shape index (κ3) is 5.29. The molecule has 0 aromatic heterocycles. The lowest BCUT2D eigenvalue weighted by molar-refractivity contribution is -0.384. The number of nitrogens with zero attached hydrogens (tertiary/aromatic N) is 1. The average molecular weight is 407 g/mol. The van der Waals surface area contributed by atoms with E-state index in [0.717, 1.165) is 0 Å². The van der Waals surface area contributed by atoms with Crippen LogP contribution in [0.3, 0.4) is 0 Å². The van der Waals surface area contributed by atoms with Crippen molar-refractivity contribution in [1.82, 2.24) is 0 Å². The van der Waals surface area contributed by atoms with Crippen LogP contribution in [0.15, 0.2) is 46.9 Å². The fraction of sp³-hybridized carbons (Fsp3) is 0.278. The molecule has 1 N–H and O–H groups in total. The number of amides is 1. The Labute approximate surface area is 154 Å². The van der Waals surface area contributed by atoms with E-state index in [1.807, 2.05) is 24.3 Å². The standard InChI is InChI=1S/C18H19BrN2O4/c1-18(2,3)12-4-7-14(8-5-12)25-11-17(22)20-16-9-6-13(21(23)24)10-15(16)19/h4-10H,11H2,1-3H3,(H,20,22). The molecule has 132 valence electrons. The Bertz CT molecular complexity index is 783. The number of hydrogen-bond donors (Lipinski definition) is 1. The van der Waals surface area contributed by atoms with E-state index in [1.165, 1.54) is 23.8 Å². The summed E-state index contributed by atoms with van der Waals surface area (Å²) in [7, 11) is 0. The quantitative estimate of drug-likeness (QED) is 0.577. The van der Waals surface area contributed by atoms with Crippen molar-refractivity contribution in [3.05, 3.63) is 62.6 Å². The molecule has 2 aromatic carbocycles. The van der Waals surface area contributed by atoms with Gasteiger partial charge in [0.25, 0.3) is 11.6 Å². The lowest BCUT2D eigenvalue weighted by atomic mass is 9.87. The highest BCUT2D eigenvalue weighted by molar-refractivity contribution is 9.10. The summed E-state index contributed by atoms with van der Waals surface area (Å²) in [6.07, 6.45) is 0. The molecule has 0 aliphatic heterocycles. The van der Waals surface area contributed by atoms with E-state index >= 15 is 0 Å². The van der Waals surface area contributed by atoms with Gasteiger partial charge >= 0.3 is 0 Å². The monoisotopic (exact) mass is 406 g/mol. The van der Waals surface area contributed by atoms with Gasteiger partial charge in [-0.15, -0.1) is 0 Å². The summed E-state index contributed by atoms with van der Waals surface area (Å²) in [6.45, 7) is 6.22. The number of rotatable bonds is 5. The Balaban J connectivity index is 1.94. The molecular formula is C18H19BrN2O4. The number of benzene rings is 2. The molecule has 0 unspecified atom stereocenters. The number of carbonyl (C=O) groups is 1. The van der Waals surface area contributed by atoms with Crippen molar-refractivity contribution in [1.29, 1.82) is 0 Å². The zero-order valence-corrected chi connectivity index (χ0v) is 15.8. The van der Waals surface area contributed by atoms with Gasteiger partial charge in [-0.3, -0.25) is 14.9 Å². The molecule has 25 heavy (non-hydrogen) atoms. The molecule has 0 radical (unpaired) electrons. The summed E-state index contributed by atoms with van der Waals surface area (Å²) in [5.74, 6) is 0.250. The van der Waals surface area contributed by atoms with Gasteiger partial charge in [0, 0.05) is 16.6 Å². The van der Waals surface area contributed by atoms with Crippen LogP contribution >= 0.6 is 15.9 Å². The Kier molecular flexibility index (Phi) is 5.79. The topological polar surface area (TPSA) is 81.5 Å². The molecule has 0 aliphatic rings. The summed E-state index contributed by atoms with van der Waals surface area (Å²) < 4.78 is 5.91. The van der Waals surface area contributed by atoms with Crippen LogP contribution < -0.4 is 10.1 Å². The van der Waals surface area contributed by atoms with Gasteiger partial charge in [0.1, 0.15) is 5.75 Å². The van der Waals surface area contributed by atoms with Crippen LogP contribution in [0.1, 0.15) is 26.3 Å². The molecule has 0 spiro atoms. The lowest BCUT2D eigenvalue weighted by Crippen LogP contribution is -2.20. The number of nitro groups is 1. The lowest BCUT2D eigenvalue weighted by Gasteiger charge is -2.19. The number of non-ortho nitro benzene ring substituents is 1. The van der Waals surface area contributed by atoms with E-state index < -0.39 is 4.92 Å². The van der Waals surface area contributed by atoms with Crippen molar-refractivity contribution >= 4 is 33.2 Å². The third-order valence-electron chi connectivity index (χ3n) is 3.53. The highest BCUT2D eigenvalue weighted by atomic mass is 79.9. The van der Waals surface area contributed by atoms with E-state index in [1.54, 1.807) is 0 Å². The van der Waals surface area contributed by atoms with Crippen LogP contribution in [0, 0.1) is 10.1 Å². The summed E-state index contributed by atoms with van der Waals surface area (Å²) in [5.41, 5.74) is 1.62. The number of ether oxygens (including phenoxy) is 1. The molecule has 7 heteroatoms. The highest BCUT2D eigenvalue weighted by Crippen LogP contribution is 2.27. The van der Waals surface area contributed by atoms with E-state index in [2.05, 4.69) is 42.0 Å². The molecule has 0 saturated carbocycles. The van der Waals surface area contributed by atoms with Gasteiger partial charge in [-0.25, -0.2) is 0 Å². The zero-order valence-electron chi connectivity index (χ0n) is 14.2. The van der Waals surface area contributed by atoms with Crippen LogP contribution in [-0.2, 0) is 10.2 Å². The smallest absolute Gasteiger partial charge is 0.270 e. The summed E-state index contributed by atoms with van der Waals surface area (Å²) in [5, 5.41) is 13.4. The first-order chi connectivity index (χ1) is 11.7. The normalized spacial score (nSPS) is 11.0. The van der Waals surface area contributed by atoms with Crippen molar-refractivity contribution in [3.63, 3.8) is 0 Å². The predicted octanol–water partition coefficient (Wildman–Crippen LogP) is 4.67. The maximum atomic E-state index is 12.0. The molecule has 0 saturated heterocycles. The number of anilines is 1. The van der Waals surface area contributed by atoms with Crippen LogP contribution in [0.2, 0.25) is 0 Å². The molecule has 0 atom stereocenters. The maximum Gasteiger partial charge on any atom is 0.270 e. The van der Waals surface area contributed by atoms with Crippen LogP contribution in [0.5, 0.6) is 5.75 Å². The second-order valence-corrected chi connectivity index (χ2v) is 7.39. The number of halogens is 1. The second-order valence-electron chi connectivity index (χ2n) is 6.53. The molecule has 2 rings (SSSR count). The van der Waals surface area contributed by atoms with Crippen LogP contribution in [0.4, 0.5) is 11.4 Å². The summed E-state index contributed by atoms with van der Waals surface area (Å²) >= 11 is 3.21. The second kappa shape index (κ2) is 7.65. The zero-order chi connectivity index (χ0) is 18.6. The van der Waals surface area contributed by atoms with E-state index in [-0.39, 0.29) is 23.6 Å². The third-order valence-corrected chi connectivity index (χ3v) is 4.18. The Hall–Kier alpha value is -2.41. The van der Waals surface area contributed by atoms with Gasteiger partial charge in [-0.1, -0.05) is 32.9 Å². The van der Waals surface area contributed by atoms with Crippen molar-refractivity contribution in [2.24, 2.45) is 0 Å². The Morgan fingerprint density at radius 1 is 1.20 bits per heavy atom. The Morgan fingerprint density at radius 2 is 1.84 bits per heavy atom. The molecule has 0 aliphatic carbocycles. The number of hydrogen-bond acceptors (Lipinski definition) is 4. The predicted molar refractivity (Wildman–Crippen MR) is 100 cm³/mol. The van der Waals surface area contributed by atoms with Crippen molar-refractivity contribution in [2.75, 3.05) is 11.9 Å². The Morgan fingerprint density at radius 3 is 2.36 bits per heavy atom. The first kappa shape index (κ1) is 18.9. The van der Waals surface area contributed by atoms with E-state index in [0.29, 0.717) is 15.9 Å². The van der Waals surface area contributed by atoms with E-state index in [4.69, 9.17) is 4.74 Å². The number of carbonyl (C=O) groups excluding carboxylic acids is 1. The van der Waals surface area contributed by atoms with Crippen LogP contribution in [0.25, 0.3) is 0 Å². The molecule has 0 heterocycles. The maximum absolute atomic E-state index is 12.0. The highest BCUT2D eigenvalue weighted by Gasteiger charge is 2.14. The minimum absolute atomic E-state index is 0.0537. The molecule has 1 amide bonds. The largest absolute Gasteiger partial charge is 0.484 e. The summed E-state index contributed by atoms with van der Waals surface area (Å²) in [6, 6.07) is 11.7. The molecule has 2 aromatic rings. The fourth-order valence-electron chi connectivity index (χ4n) is 2.11. The van der Waals surface area contributed by atoms with Gasteiger partial charge < -0.3 is 10.1 Å². The SMILES string of the molecule is CC(C)(C)c1ccc(OCC(=O)Nc2ccc([N+](=O)[O-])cc2Br)cc1. The van der Waals surface area contributed by atoms with Gasteiger partial charge in [0.15, 0.2) is 6.61 Å². The fourth-order valence-corrected chi connectivity index (χ4v) is 2.57. The first-order valence-corrected chi connectivity index (χ1v) is 8.43. The minimum atomic E-state index is -0.499. The van der Waals surface area contributed by atoms with Crippen LogP contribution in [-0.4, -0.2) is 17.4 Å². The van der Waals surface area contributed by atoms with Crippen molar-refractivity contribution in [3.8, 4) is 5.75 Å². The molecule has 6 nitrogen and oxygen atoms in total. The van der Waals surface area contributed by atoms with E-state index in [9.17, 15) is 14.9 Å². The van der Waals surface area contributed by atoms with Crippen molar-refractivity contribution in [2.45, 2.75) is 26.2 Å². The molecular weight excluding hydrogens is 388 g/mol. The molecule has 0 fully saturated rings. The average Bonchev–Trinajstić information content (AvgIpc) is 2.54. The van der Waals surface area contributed by atoms with Crippen molar-refractivity contribution < 1.29 is 14.5 Å². The summed E-state index contributed by atoms with van der Waals surface area (Å²) in [4.78, 5) is 22.2. The number of nitrogens with one attached hydrogen (secondary N) is 1. The van der Waals surface area contributed by atoms with Gasteiger partial charge in [0.2, 0.25) is 0 Å². The molecule has 0 bridgehead atoms.